The highest BCUT2D eigenvalue weighted by Crippen LogP contribution is 2.27. The molecule has 1 rings (SSSR count). The van der Waals surface area contributed by atoms with Crippen molar-refractivity contribution in [2.75, 3.05) is 13.7 Å². The Hall–Kier alpha value is -0.770. The molecule has 0 fully saturated rings. The van der Waals surface area contributed by atoms with Gasteiger partial charge in [-0.25, -0.2) is 0 Å². The van der Waals surface area contributed by atoms with Gasteiger partial charge in [-0.15, -0.1) is 0 Å². The first-order valence-corrected chi connectivity index (χ1v) is 5.63. The van der Waals surface area contributed by atoms with E-state index in [1.54, 1.807) is 13.2 Å². The number of hydrogen-bond acceptors (Lipinski definition) is 3. The quantitative estimate of drug-likeness (QED) is 0.865. The third kappa shape index (κ3) is 3.67. The minimum Gasteiger partial charge on any atom is -0.495 e. The second-order valence-electron chi connectivity index (χ2n) is 3.88. The van der Waals surface area contributed by atoms with Gasteiger partial charge in [0.1, 0.15) is 5.75 Å². The molecule has 0 saturated carbocycles. The fourth-order valence-corrected chi connectivity index (χ4v) is 1.49. The van der Waals surface area contributed by atoms with Gasteiger partial charge in [0.2, 0.25) is 0 Å². The Morgan fingerprint density at radius 2 is 2.06 bits per heavy atom. The zero-order valence-corrected chi connectivity index (χ0v) is 10.6. The molecule has 4 heteroatoms. The molecule has 0 aliphatic rings. The van der Waals surface area contributed by atoms with Gasteiger partial charge in [-0.05, 0) is 31.5 Å². The molecular weight excluding hydrogens is 226 g/mol. The first kappa shape index (κ1) is 13.3. The summed E-state index contributed by atoms with van der Waals surface area (Å²) in [6.07, 6.45) is 0.181. The average Bonchev–Trinajstić information content (AvgIpc) is 2.26. The topological polar surface area (TPSA) is 44.5 Å². The molecule has 1 aromatic carbocycles. The van der Waals surface area contributed by atoms with Crippen LogP contribution in [-0.4, -0.2) is 19.8 Å². The molecule has 1 aromatic rings. The molecule has 0 heterocycles. The average molecular weight is 244 g/mol. The SMILES string of the molecule is COc1cc(C(N)COC(C)C)ccc1Cl. The van der Waals surface area contributed by atoms with Gasteiger partial charge >= 0.3 is 0 Å². The van der Waals surface area contributed by atoms with E-state index in [0.29, 0.717) is 17.4 Å². The van der Waals surface area contributed by atoms with E-state index in [9.17, 15) is 0 Å². The van der Waals surface area contributed by atoms with Crippen LogP contribution in [0, 0.1) is 0 Å². The van der Waals surface area contributed by atoms with Crippen LogP contribution < -0.4 is 10.5 Å². The van der Waals surface area contributed by atoms with Gasteiger partial charge in [0.15, 0.2) is 0 Å². The van der Waals surface area contributed by atoms with E-state index in [0.717, 1.165) is 5.56 Å². The van der Waals surface area contributed by atoms with Gasteiger partial charge in [0.25, 0.3) is 0 Å². The summed E-state index contributed by atoms with van der Waals surface area (Å²) >= 11 is 5.93. The summed E-state index contributed by atoms with van der Waals surface area (Å²) < 4.78 is 10.6. The van der Waals surface area contributed by atoms with Crippen molar-refractivity contribution in [1.82, 2.24) is 0 Å². The van der Waals surface area contributed by atoms with Crippen molar-refractivity contribution in [2.24, 2.45) is 5.73 Å². The summed E-state index contributed by atoms with van der Waals surface area (Å²) in [6.45, 7) is 4.45. The van der Waals surface area contributed by atoms with Crippen LogP contribution in [0.5, 0.6) is 5.75 Å². The first-order valence-electron chi connectivity index (χ1n) is 5.25. The van der Waals surface area contributed by atoms with Crippen LogP contribution in [-0.2, 0) is 4.74 Å². The Balaban J connectivity index is 2.72. The van der Waals surface area contributed by atoms with Crippen molar-refractivity contribution in [3.05, 3.63) is 28.8 Å². The zero-order chi connectivity index (χ0) is 12.1. The Labute approximate surface area is 101 Å². The highest BCUT2D eigenvalue weighted by Gasteiger charge is 2.10. The Bertz CT molecular complexity index is 342. The lowest BCUT2D eigenvalue weighted by Gasteiger charge is -2.15. The highest BCUT2D eigenvalue weighted by molar-refractivity contribution is 6.32. The third-order valence-electron chi connectivity index (χ3n) is 2.21. The van der Waals surface area contributed by atoms with Crippen molar-refractivity contribution >= 4 is 11.6 Å². The minimum atomic E-state index is -0.159. The second-order valence-corrected chi connectivity index (χ2v) is 4.29. The molecule has 1 unspecified atom stereocenters. The summed E-state index contributed by atoms with van der Waals surface area (Å²) in [5.41, 5.74) is 6.95. The van der Waals surface area contributed by atoms with Gasteiger partial charge in [-0.3, -0.25) is 0 Å². The standard InChI is InChI=1S/C12H18ClNO2/c1-8(2)16-7-11(14)9-4-5-10(13)12(6-9)15-3/h4-6,8,11H,7,14H2,1-3H3. The van der Waals surface area contributed by atoms with E-state index in [2.05, 4.69) is 0 Å². The molecular formula is C12H18ClNO2. The Morgan fingerprint density at radius 3 is 2.62 bits per heavy atom. The van der Waals surface area contributed by atoms with Gasteiger partial charge in [0, 0.05) is 0 Å². The van der Waals surface area contributed by atoms with Gasteiger partial charge < -0.3 is 15.2 Å². The predicted molar refractivity (Wildman–Crippen MR) is 66.0 cm³/mol. The fraction of sp³-hybridized carbons (Fsp3) is 0.500. The van der Waals surface area contributed by atoms with Crippen LogP contribution in [0.25, 0.3) is 0 Å². The molecule has 2 N–H and O–H groups in total. The summed E-state index contributed by atoms with van der Waals surface area (Å²) in [5, 5.41) is 0.586. The molecule has 0 saturated heterocycles. The normalized spacial score (nSPS) is 12.9. The maximum Gasteiger partial charge on any atom is 0.137 e. The van der Waals surface area contributed by atoms with E-state index in [1.165, 1.54) is 0 Å². The van der Waals surface area contributed by atoms with Crippen molar-refractivity contribution < 1.29 is 9.47 Å². The van der Waals surface area contributed by atoms with Crippen LogP contribution in [0.2, 0.25) is 5.02 Å². The summed E-state index contributed by atoms with van der Waals surface area (Å²) in [4.78, 5) is 0. The van der Waals surface area contributed by atoms with E-state index < -0.39 is 0 Å². The van der Waals surface area contributed by atoms with Crippen molar-refractivity contribution in [3.63, 3.8) is 0 Å². The Morgan fingerprint density at radius 1 is 1.38 bits per heavy atom. The van der Waals surface area contributed by atoms with Gasteiger partial charge in [-0.2, -0.15) is 0 Å². The van der Waals surface area contributed by atoms with Crippen molar-refractivity contribution in [1.29, 1.82) is 0 Å². The van der Waals surface area contributed by atoms with E-state index in [1.807, 2.05) is 26.0 Å². The predicted octanol–water partition coefficient (Wildman–Crippen LogP) is 2.77. The molecule has 90 valence electrons. The van der Waals surface area contributed by atoms with Crippen LogP contribution in [0.4, 0.5) is 0 Å². The third-order valence-corrected chi connectivity index (χ3v) is 2.52. The summed E-state index contributed by atoms with van der Waals surface area (Å²) in [6, 6.07) is 5.36. The minimum absolute atomic E-state index is 0.159. The number of benzene rings is 1. The van der Waals surface area contributed by atoms with Crippen molar-refractivity contribution in [2.45, 2.75) is 26.0 Å². The van der Waals surface area contributed by atoms with Crippen LogP contribution in [0.15, 0.2) is 18.2 Å². The van der Waals surface area contributed by atoms with Crippen LogP contribution >= 0.6 is 11.6 Å². The molecule has 3 nitrogen and oxygen atoms in total. The molecule has 0 spiro atoms. The molecule has 0 radical (unpaired) electrons. The molecule has 16 heavy (non-hydrogen) atoms. The lowest BCUT2D eigenvalue weighted by Crippen LogP contribution is -2.19. The summed E-state index contributed by atoms with van der Waals surface area (Å²) in [7, 11) is 1.58. The Kier molecular flexibility index (Phi) is 5.06. The smallest absolute Gasteiger partial charge is 0.137 e. The van der Waals surface area contributed by atoms with E-state index in [-0.39, 0.29) is 12.1 Å². The number of ether oxygens (including phenoxy) is 2. The van der Waals surface area contributed by atoms with E-state index >= 15 is 0 Å². The fourth-order valence-electron chi connectivity index (χ4n) is 1.30. The lowest BCUT2D eigenvalue weighted by atomic mass is 10.1. The van der Waals surface area contributed by atoms with E-state index in [4.69, 9.17) is 26.8 Å². The number of nitrogens with two attached hydrogens (primary N) is 1. The number of rotatable bonds is 5. The summed E-state index contributed by atoms with van der Waals surface area (Å²) in [5.74, 6) is 0.638. The highest BCUT2D eigenvalue weighted by atomic mass is 35.5. The second kappa shape index (κ2) is 6.09. The largest absolute Gasteiger partial charge is 0.495 e. The maximum absolute atomic E-state index is 5.99. The van der Waals surface area contributed by atoms with Crippen molar-refractivity contribution in [3.8, 4) is 5.75 Å². The first-order chi connectivity index (χ1) is 7.54. The monoisotopic (exact) mass is 243 g/mol. The number of halogens is 1. The lowest BCUT2D eigenvalue weighted by molar-refractivity contribution is 0.0683. The van der Waals surface area contributed by atoms with Crippen LogP contribution in [0.1, 0.15) is 25.5 Å². The number of hydrogen-bond donors (Lipinski definition) is 1. The van der Waals surface area contributed by atoms with Crippen LogP contribution in [0.3, 0.4) is 0 Å². The molecule has 0 amide bonds. The molecule has 0 aromatic heterocycles. The molecule has 0 aliphatic carbocycles. The zero-order valence-electron chi connectivity index (χ0n) is 9.87. The van der Waals surface area contributed by atoms with Gasteiger partial charge in [0.05, 0.1) is 30.9 Å². The molecule has 1 atom stereocenters. The number of methoxy groups -OCH3 is 1. The molecule has 0 aliphatic heterocycles. The molecule has 0 bridgehead atoms. The maximum atomic E-state index is 5.99. The van der Waals surface area contributed by atoms with Gasteiger partial charge in [-0.1, -0.05) is 17.7 Å².